The SMILES string of the molecule is Cc1cccc([C@@H](CC(=O)O)NC(=O)OCc2ccccc2)c1C. The number of hydrogen-bond acceptors (Lipinski definition) is 3. The number of alkyl carbamates (subject to hydrolysis) is 1. The van der Waals surface area contributed by atoms with Gasteiger partial charge in [0.05, 0.1) is 12.5 Å². The summed E-state index contributed by atoms with van der Waals surface area (Å²) in [6.07, 6.45) is -0.837. The van der Waals surface area contributed by atoms with Crippen molar-refractivity contribution in [3.05, 3.63) is 70.8 Å². The minimum atomic E-state index is -0.982. The standard InChI is InChI=1S/C19H21NO4/c1-13-7-6-10-16(14(13)2)17(11-18(21)22)20-19(23)24-12-15-8-4-3-5-9-15/h3-10,17H,11-12H2,1-2H3,(H,20,23)(H,21,22)/t17-/m1/s1. The van der Waals surface area contributed by atoms with E-state index in [9.17, 15) is 9.59 Å². The topological polar surface area (TPSA) is 75.6 Å². The Bertz CT molecular complexity index is 713. The Morgan fingerprint density at radius 1 is 1.08 bits per heavy atom. The van der Waals surface area contributed by atoms with E-state index in [4.69, 9.17) is 9.84 Å². The number of aliphatic carboxylic acids is 1. The zero-order chi connectivity index (χ0) is 17.5. The summed E-state index contributed by atoms with van der Waals surface area (Å²) in [5, 5.41) is 11.8. The minimum absolute atomic E-state index is 0.138. The summed E-state index contributed by atoms with van der Waals surface area (Å²) in [7, 11) is 0. The Kier molecular flexibility index (Phi) is 5.95. The summed E-state index contributed by atoms with van der Waals surface area (Å²) in [5.74, 6) is -0.982. The van der Waals surface area contributed by atoms with Crippen LogP contribution in [0.1, 0.15) is 34.7 Å². The second-order valence-electron chi connectivity index (χ2n) is 5.65. The average molecular weight is 327 g/mol. The van der Waals surface area contributed by atoms with Gasteiger partial charge in [-0.15, -0.1) is 0 Å². The average Bonchev–Trinajstić information content (AvgIpc) is 2.55. The summed E-state index contributed by atoms with van der Waals surface area (Å²) in [5.41, 5.74) is 3.66. The maximum Gasteiger partial charge on any atom is 0.407 e. The molecule has 1 atom stereocenters. The third-order valence-corrected chi connectivity index (χ3v) is 3.91. The van der Waals surface area contributed by atoms with Crippen molar-refractivity contribution in [3.8, 4) is 0 Å². The van der Waals surface area contributed by atoms with E-state index in [2.05, 4.69) is 5.32 Å². The highest BCUT2D eigenvalue weighted by Gasteiger charge is 2.21. The number of rotatable bonds is 6. The van der Waals surface area contributed by atoms with Crippen molar-refractivity contribution in [2.45, 2.75) is 32.9 Å². The van der Waals surface area contributed by atoms with Crippen LogP contribution in [0.2, 0.25) is 0 Å². The van der Waals surface area contributed by atoms with Crippen LogP contribution in [0.15, 0.2) is 48.5 Å². The van der Waals surface area contributed by atoms with Crippen molar-refractivity contribution in [2.24, 2.45) is 0 Å². The fraction of sp³-hybridized carbons (Fsp3) is 0.263. The molecule has 2 aromatic carbocycles. The molecule has 1 amide bonds. The molecule has 0 radical (unpaired) electrons. The fourth-order valence-electron chi connectivity index (χ4n) is 2.47. The quantitative estimate of drug-likeness (QED) is 0.847. The van der Waals surface area contributed by atoms with Gasteiger partial charge in [-0.25, -0.2) is 4.79 Å². The number of benzene rings is 2. The van der Waals surface area contributed by atoms with Crippen molar-refractivity contribution in [1.82, 2.24) is 5.32 Å². The van der Waals surface area contributed by atoms with Crippen LogP contribution in [0.5, 0.6) is 0 Å². The van der Waals surface area contributed by atoms with Crippen LogP contribution in [-0.4, -0.2) is 17.2 Å². The maximum atomic E-state index is 12.1. The minimum Gasteiger partial charge on any atom is -0.481 e. The highest BCUT2D eigenvalue weighted by Crippen LogP contribution is 2.23. The van der Waals surface area contributed by atoms with Gasteiger partial charge in [-0.05, 0) is 36.1 Å². The number of hydrogen-bond donors (Lipinski definition) is 2. The summed E-state index contributed by atoms with van der Waals surface area (Å²) >= 11 is 0. The van der Waals surface area contributed by atoms with Gasteiger partial charge in [-0.2, -0.15) is 0 Å². The van der Waals surface area contributed by atoms with Gasteiger partial charge in [0.25, 0.3) is 0 Å². The van der Waals surface area contributed by atoms with Crippen molar-refractivity contribution in [3.63, 3.8) is 0 Å². The maximum absolute atomic E-state index is 12.1. The van der Waals surface area contributed by atoms with Gasteiger partial charge in [-0.1, -0.05) is 48.5 Å². The smallest absolute Gasteiger partial charge is 0.407 e. The van der Waals surface area contributed by atoms with Crippen LogP contribution in [-0.2, 0) is 16.1 Å². The highest BCUT2D eigenvalue weighted by atomic mass is 16.5. The molecule has 2 rings (SSSR count). The predicted molar refractivity (Wildman–Crippen MR) is 90.7 cm³/mol. The van der Waals surface area contributed by atoms with E-state index in [1.54, 1.807) is 0 Å². The van der Waals surface area contributed by atoms with E-state index in [-0.39, 0.29) is 13.0 Å². The van der Waals surface area contributed by atoms with E-state index < -0.39 is 18.1 Å². The van der Waals surface area contributed by atoms with Crippen LogP contribution in [0.3, 0.4) is 0 Å². The summed E-state index contributed by atoms with van der Waals surface area (Å²) in [6.45, 7) is 4.00. The second-order valence-corrected chi connectivity index (χ2v) is 5.65. The van der Waals surface area contributed by atoms with Crippen LogP contribution in [0.4, 0.5) is 4.79 Å². The van der Waals surface area contributed by atoms with E-state index in [1.807, 2.05) is 62.4 Å². The Morgan fingerprint density at radius 2 is 1.79 bits per heavy atom. The number of aryl methyl sites for hydroxylation is 1. The third-order valence-electron chi connectivity index (χ3n) is 3.91. The van der Waals surface area contributed by atoms with E-state index in [0.717, 1.165) is 22.3 Å². The second kappa shape index (κ2) is 8.15. The van der Waals surface area contributed by atoms with Gasteiger partial charge in [0.15, 0.2) is 0 Å². The van der Waals surface area contributed by atoms with Crippen LogP contribution in [0, 0.1) is 13.8 Å². The number of ether oxygens (including phenoxy) is 1. The van der Waals surface area contributed by atoms with Crippen molar-refractivity contribution < 1.29 is 19.4 Å². The number of carboxylic acids is 1. The molecule has 0 aliphatic carbocycles. The van der Waals surface area contributed by atoms with Crippen molar-refractivity contribution in [1.29, 1.82) is 0 Å². The molecule has 24 heavy (non-hydrogen) atoms. The van der Waals surface area contributed by atoms with E-state index in [1.165, 1.54) is 0 Å². The molecular weight excluding hydrogens is 306 g/mol. The van der Waals surface area contributed by atoms with E-state index in [0.29, 0.717) is 0 Å². The first-order valence-electron chi connectivity index (χ1n) is 7.72. The highest BCUT2D eigenvalue weighted by molar-refractivity contribution is 5.72. The van der Waals surface area contributed by atoms with Crippen LogP contribution < -0.4 is 5.32 Å². The number of carboxylic acid groups (broad SMARTS) is 1. The number of carbonyl (C=O) groups is 2. The lowest BCUT2D eigenvalue weighted by Crippen LogP contribution is -2.31. The van der Waals surface area contributed by atoms with Gasteiger partial charge >= 0.3 is 12.1 Å². The Morgan fingerprint density at radius 3 is 2.46 bits per heavy atom. The summed E-state index contributed by atoms with van der Waals surface area (Å²) < 4.78 is 5.19. The molecule has 0 unspecified atom stereocenters. The Hall–Kier alpha value is -2.82. The van der Waals surface area contributed by atoms with Gasteiger partial charge in [0.2, 0.25) is 0 Å². The molecule has 0 aliphatic rings. The van der Waals surface area contributed by atoms with Gasteiger partial charge < -0.3 is 15.2 Å². The van der Waals surface area contributed by atoms with Gasteiger partial charge in [0.1, 0.15) is 6.61 Å². The number of carbonyl (C=O) groups excluding carboxylic acids is 1. The largest absolute Gasteiger partial charge is 0.481 e. The molecule has 126 valence electrons. The molecular formula is C19H21NO4. The van der Waals surface area contributed by atoms with Crippen LogP contribution in [0.25, 0.3) is 0 Å². The molecule has 0 saturated carbocycles. The van der Waals surface area contributed by atoms with Crippen LogP contribution >= 0.6 is 0 Å². The van der Waals surface area contributed by atoms with Gasteiger partial charge in [-0.3, -0.25) is 4.79 Å². The fourth-order valence-corrected chi connectivity index (χ4v) is 2.47. The molecule has 5 nitrogen and oxygen atoms in total. The Labute approximate surface area is 141 Å². The summed E-state index contributed by atoms with van der Waals surface area (Å²) in [4.78, 5) is 23.2. The lowest BCUT2D eigenvalue weighted by molar-refractivity contribution is -0.137. The molecule has 0 heterocycles. The lowest BCUT2D eigenvalue weighted by Gasteiger charge is -2.20. The molecule has 2 aromatic rings. The molecule has 0 saturated heterocycles. The monoisotopic (exact) mass is 327 g/mol. The molecule has 0 spiro atoms. The molecule has 0 aromatic heterocycles. The first-order valence-corrected chi connectivity index (χ1v) is 7.72. The Balaban J connectivity index is 2.07. The zero-order valence-corrected chi connectivity index (χ0v) is 13.8. The zero-order valence-electron chi connectivity index (χ0n) is 13.8. The molecule has 2 N–H and O–H groups in total. The number of amides is 1. The molecule has 0 aliphatic heterocycles. The number of nitrogens with one attached hydrogen (secondary N) is 1. The molecule has 0 bridgehead atoms. The summed E-state index contributed by atoms with van der Waals surface area (Å²) in [6, 6.07) is 14.3. The first kappa shape index (κ1) is 17.5. The van der Waals surface area contributed by atoms with E-state index >= 15 is 0 Å². The normalized spacial score (nSPS) is 11.6. The third kappa shape index (κ3) is 4.84. The van der Waals surface area contributed by atoms with Gasteiger partial charge in [0, 0.05) is 0 Å². The lowest BCUT2D eigenvalue weighted by atomic mass is 9.95. The predicted octanol–water partition coefficient (Wildman–Crippen LogP) is 3.75. The van der Waals surface area contributed by atoms with Crippen molar-refractivity contribution >= 4 is 12.1 Å². The molecule has 0 fully saturated rings. The first-order chi connectivity index (χ1) is 11.5. The van der Waals surface area contributed by atoms with Crippen molar-refractivity contribution in [2.75, 3.05) is 0 Å². The molecule has 5 heteroatoms.